The van der Waals surface area contributed by atoms with Crippen LogP contribution in [0.5, 0.6) is 5.88 Å². The van der Waals surface area contributed by atoms with Crippen molar-refractivity contribution in [1.29, 1.82) is 0 Å². The molecular formula is C13H20BrN3O. The van der Waals surface area contributed by atoms with Gasteiger partial charge in [-0.05, 0) is 33.1 Å². The highest BCUT2D eigenvalue weighted by molar-refractivity contribution is 9.09. The van der Waals surface area contributed by atoms with Crippen LogP contribution in [-0.4, -0.2) is 34.0 Å². The summed E-state index contributed by atoms with van der Waals surface area (Å²) in [4.78, 5) is 11.1. The predicted octanol–water partition coefficient (Wildman–Crippen LogP) is 3.02. The van der Waals surface area contributed by atoms with Gasteiger partial charge in [0, 0.05) is 17.9 Å². The second-order valence-corrected chi connectivity index (χ2v) is 5.53. The molecule has 1 fully saturated rings. The second kappa shape index (κ2) is 6.36. The van der Waals surface area contributed by atoms with E-state index in [9.17, 15) is 0 Å². The van der Waals surface area contributed by atoms with E-state index in [2.05, 4.69) is 30.8 Å². The van der Waals surface area contributed by atoms with Crippen LogP contribution in [-0.2, 0) is 0 Å². The number of halogens is 1. The standard InChI is InChI=1S/C13H20BrN3O/c1-10(2)18-13-9-15-8-12(16-13)17-6-4-3-5-11(17)7-14/h8-11H,3-7H2,1-2H3. The van der Waals surface area contributed by atoms with E-state index in [-0.39, 0.29) is 6.10 Å². The van der Waals surface area contributed by atoms with E-state index < -0.39 is 0 Å². The molecule has 100 valence electrons. The normalized spacial score (nSPS) is 20.2. The van der Waals surface area contributed by atoms with Crippen LogP contribution < -0.4 is 9.64 Å². The largest absolute Gasteiger partial charge is 0.474 e. The summed E-state index contributed by atoms with van der Waals surface area (Å²) in [6.45, 7) is 5.04. The summed E-state index contributed by atoms with van der Waals surface area (Å²) in [5, 5.41) is 0.976. The lowest BCUT2D eigenvalue weighted by atomic mass is 10.0. The molecule has 0 amide bonds. The van der Waals surface area contributed by atoms with Gasteiger partial charge in [-0.2, -0.15) is 4.98 Å². The number of aromatic nitrogens is 2. The number of alkyl halides is 1. The summed E-state index contributed by atoms with van der Waals surface area (Å²) in [7, 11) is 0. The number of ether oxygens (including phenoxy) is 1. The molecule has 18 heavy (non-hydrogen) atoms. The zero-order valence-electron chi connectivity index (χ0n) is 11.0. The predicted molar refractivity (Wildman–Crippen MR) is 76.6 cm³/mol. The van der Waals surface area contributed by atoms with Crippen LogP contribution in [0.15, 0.2) is 12.4 Å². The zero-order chi connectivity index (χ0) is 13.0. The molecule has 0 saturated carbocycles. The molecule has 1 unspecified atom stereocenters. The van der Waals surface area contributed by atoms with Crippen LogP contribution in [0.2, 0.25) is 0 Å². The van der Waals surface area contributed by atoms with Crippen molar-refractivity contribution in [3.63, 3.8) is 0 Å². The van der Waals surface area contributed by atoms with Gasteiger partial charge in [0.25, 0.3) is 0 Å². The molecule has 0 spiro atoms. The Hall–Kier alpha value is -0.840. The number of anilines is 1. The van der Waals surface area contributed by atoms with Crippen LogP contribution in [0.3, 0.4) is 0 Å². The number of hydrogen-bond acceptors (Lipinski definition) is 4. The zero-order valence-corrected chi connectivity index (χ0v) is 12.6. The van der Waals surface area contributed by atoms with Gasteiger partial charge in [-0.3, -0.25) is 4.98 Å². The van der Waals surface area contributed by atoms with Gasteiger partial charge in [0.05, 0.1) is 18.5 Å². The minimum atomic E-state index is 0.128. The van der Waals surface area contributed by atoms with E-state index in [0.717, 1.165) is 17.7 Å². The Labute approximate surface area is 117 Å². The van der Waals surface area contributed by atoms with E-state index in [1.807, 2.05) is 20.0 Å². The fourth-order valence-electron chi connectivity index (χ4n) is 2.24. The minimum absolute atomic E-state index is 0.128. The number of hydrogen-bond donors (Lipinski definition) is 0. The fourth-order valence-corrected chi connectivity index (χ4v) is 2.91. The third kappa shape index (κ3) is 3.34. The maximum atomic E-state index is 5.60. The Kier molecular flexibility index (Phi) is 4.80. The van der Waals surface area contributed by atoms with Crippen molar-refractivity contribution in [3.05, 3.63) is 12.4 Å². The first-order valence-electron chi connectivity index (χ1n) is 6.52. The van der Waals surface area contributed by atoms with Crippen molar-refractivity contribution in [3.8, 4) is 5.88 Å². The molecule has 0 bridgehead atoms. The van der Waals surface area contributed by atoms with E-state index >= 15 is 0 Å². The number of nitrogens with zero attached hydrogens (tertiary/aromatic N) is 3. The summed E-state index contributed by atoms with van der Waals surface area (Å²) < 4.78 is 5.60. The van der Waals surface area contributed by atoms with Crippen LogP contribution in [0.1, 0.15) is 33.1 Å². The van der Waals surface area contributed by atoms with Crippen LogP contribution in [0, 0.1) is 0 Å². The lowest BCUT2D eigenvalue weighted by Crippen LogP contribution is -2.41. The summed E-state index contributed by atoms with van der Waals surface area (Å²) in [5.74, 6) is 1.54. The summed E-state index contributed by atoms with van der Waals surface area (Å²) >= 11 is 3.59. The Bertz CT molecular complexity index is 386. The van der Waals surface area contributed by atoms with Crippen molar-refractivity contribution in [1.82, 2.24) is 9.97 Å². The number of rotatable bonds is 4. The first kappa shape index (κ1) is 13.6. The summed E-state index contributed by atoms with van der Waals surface area (Å²) in [5.41, 5.74) is 0. The Morgan fingerprint density at radius 2 is 2.28 bits per heavy atom. The van der Waals surface area contributed by atoms with Crippen molar-refractivity contribution >= 4 is 21.7 Å². The average Bonchev–Trinajstić information content (AvgIpc) is 2.38. The van der Waals surface area contributed by atoms with Crippen LogP contribution >= 0.6 is 15.9 Å². The molecule has 4 nitrogen and oxygen atoms in total. The monoisotopic (exact) mass is 313 g/mol. The molecule has 2 heterocycles. The maximum Gasteiger partial charge on any atom is 0.234 e. The molecule has 1 aromatic rings. The van der Waals surface area contributed by atoms with E-state index in [1.54, 1.807) is 6.20 Å². The highest BCUT2D eigenvalue weighted by Gasteiger charge is 2.23. The van der Waals surface area contributed by atoms with Crippen LogP contribution in [0.4, 0.5) is 5.82 Å². The highest BCUT2D eigenvalue weighted by atomic mass is 79.9. The third-order valence-corrected chi connectivity index (χ3v) is 3.80. The molecule has 0 aliphatic carbocycles. The lowest BCUT2D eigenvalue weighted by molar-refractivity contribution is 0.231. The van der Waals surface area contributed by atoms with E-state index in [4.69, 9.17) is 4.74 Å². The molecule has 0 radical (unpaired) electrons. The average molecular weight is 314 g/mol. The molecule has 1 aromatic heterocycles. The maximum absolute atomic E-state index is 5.60. The molecular weight excluding hydrogens is 294 g/mol. The SMILES string of the molecule is CC(C)Oc1cncc(N2CCCCC2CBr)n1. The van der Waals surface area contributed by atoms with Gasteiger partial charge in [-0.15, -0.1) is 0 Å². The van der Waals surface area contributed by atoms with Gasteiger partial charge >= 0.3 is 0 Å². The summed E-state index contributed by atoms with van der Waals surface area (Å²) in [6, 6.07) is 0.516. The van der Waals surface area contributed by atoms with E-state index in [1.165, 1.54) is 19.3 Å². The van der Waals surface area contributed by atoms with Gasteiger partial charge in [0.2, 0.25) is 5.88 Å². The van der Waals surface area contributed by atoms with Gasteiger partial charge in [-0.25, -0.2) is 0 Å². The second-order valence-electron chi connectivity index (χ2n) is 4.88. The van der Waals surface area contributed by atoms with Crippen molar-refractivity contribution in [2.24, 2.45) is 0 Å². The topological polar surface area (TPSA) is 38.2 Å². The molecule has 0 N–H and O–H groups in total. The molecule has 1 aliphatic rings. The molecule has 5 heteroatoms. The molecule has 1 aliphatic heterocycles. The van der Waals surface area contributed by atoms with Gasteiger partial charge < -0.3 is 9.64 Å². The van der Waals surface area contributed by atoms with Crippen molar-refractivity contribution in [2.75, 3.05) is 16.8 Å². The van der Waals surface area contributed by atoms with Crippen LogP contribution in [0.25, 0.3) is 0 Å². The lowest BCUT2D eigenvalue weighted by Gasteiger charge is -2.35. The molecule has 1 atom stereocenters. The summed E-state index contributed by atoms with van der Waals surface area (Å²) in [6.07, 6.45) is 7.36. The van der Waals surface area contributed by atoms with Gasteiger partial charge in [0.1, 0.15) is 0 Å². The Morgan fingerprint density at radius 1 is 1.44 bits per heavy atom. The van der Waals surface area contributed by atoms with Gasteiger partial charge in [-0.1, -0.05) is 15.9 Å². The first-order chi connectivity index (χ1) is 8.70. The highest BCUT2D eigenvalue weighted by Crippen LogP contribution is 2.25. The smallest absolute Gasteiger partial charge is 0.234 e. The van der Waals surface area contributed by atoms with Crippen molar-refractivity contribution in [2.45, 2.75) is 45.3 Å². The molecule has 2 rings (SSSR count). The third-order valence-electron chi connectivity index (χ3n) is 3.06. The Balaban J connectivity index is 2.15. The molecule has 1 saturated heterocycles. The Morgan fingerprint density at radius 3 is 3.00 bits per heavy atom. The fraction of sp³-hybridized carbons (Fsp3) is 0.692. The quantitative estimate of drug-likeness (QED) is 0.801. The molecule has 0 aromatic carbocycles. The number of piperidine rings is 1. The van der Waals surface area contributed by atoms with Gasteiger partial charge in [0.15, 0.2) is 5.82 Å². The van der Waals surface area contributed by atoms with E-state index in [0.29, 0.717) is 11.9 Å². The first-order valence-corrected chi connectivity index (χ1v) is 7.64. The van der Waals surface area contributed by atoms with Crippen molar-refractivity contribution < 1.29 is 4.74 Å². The minimum Gasteiger partial charge on any atom is -0.474 e.